The molecule has 23 heavy (non-hydrogen) atoms. The van der Waals surface area contributed by atoms with Crippen molar-refractivity contribution in [3.8, 4) is 0 Å². The molecule has 2 rings (SSSR count). The highest BCUT2D eigenvalue weighted by Gasteiger charge is 2.29. The summed E-state index contributed by atoms with van der Waals surface area (Å²) in [6, 6.07) is 8.64. The van der Waals surface area contributed by atoms with Crippen LogP contribution in [0, 0.1) is 0 Å². The lowest BCUT2D eigenvalue weighted by molar-refractivity contribution is 0.185. The molecule has 0 bridgehead atoms. The summed E-state index contributed by atoms with van der Waals surface area (Å²) in [5, 5.41) is 0. The summed E-state index contributed by atoms with van der Waals surface area (Å²) in [5.41, 5.74) is 1.43. The van der Waals surface area contributed by atoms with Crippen LogP contribution in [0.2, 0.25) is 0 Å². The zero-order valence-electron chi connectivity index (χ0n) is 15.5. The molecule has 0 unspecified atom stereocenters. The zero-order valence-corrected chi connectivity index (χ0v) is 16.3. The van der Waals surface area contributed by atoms with Crippen molar-refractivity contribution < 1.29 is 12.5 Å². The quantitative estimate of drug-likeness (QED) is 0.548. The molecule has 3 nitrogen and oxygen atoms in total. The zero-order chi connectivity index (χ0) is 17.1. The molecule has 0 aliphatic heterocycles. The van der Waals surface area contributed by atoms with Gasteiger partial charge in [-0.1, -0.05) is 38.8 Å². The molecule has 0 aromatic heterocycles. The topological polar surface area (TPSA) is 27.7 Å². The van der Waals surface area contributed by atoms with E-state index in [2.05, 4.69) is 38.1 Å². The van der Waals surface area contributed by atoms with Crippen LogP contribution in [-0.4, -0.2) is 19.8 Å². The molecule has 1 aromatic rings. The molecular formula is C19H34O3S. The molecule has 0 atom stereocenters. The third-order valence-corrected chi connectivity index (χ3v) is 6.05. The van der Waals surface area contributed by atoms with Gasteiger partial charge in [-0.15, -0.1) is 0 Å². The van der Waals surface area contributed by atoms with Gasteiger partial charge in [0, 0.05) is 0 Å². The summed E-state index contributed by atoms with van der Waals surface area (Å²) in [5.74, 6) is 0.750. The first kappa shape index (κ1) is 20.5. The van der Waals surface area contributed by atoms with E-state index in [1.54, 1.807) is 0 Å². The largest absolute Gasteiger partial charge is 0.289 e. The molecule has 1 saturated carbocycles. The molecule has 1 fully saturated rings. The fourth-order valence-corrected chi connectivity index (χ4v) is 4.43. The summed E-state index contributed by atoms with van der Waals surface area (Å²) >= 11 is 0. The maximum Gasteiger partial charge on any atom is 0.120 e. The monoisotopic (exact) mass is 342 g/mol. The van der Waals surface area contributed by atoms with Crippen molar-refractivity contribution in [1.82, 2.24) is 0 Å². The maximum absolute atomic E-state index is 5.88. The first-order valence-corrected chi connectivity index (χ1v) is 10.4. The van der Waals surface area contributed by atoms with Crippen LogP contribution in [-0.2, 0) is 12.5 Å². The van der Waals surface area contributed by atoms with Gasteiger partial charge < -0.3 is 0 Å². The third-order valence-electron chi connectivity index (χ3n) is 3.56. The lowest BCUT2D eigenvalue weighted by atomic mass is 9.80. The number of hydrogen-bond donors (Lipinski definition) is 0. The van der Waals surface area contributed by atoms with E-state index >= 15 is 0 Å². The van der Waals surface area contributed by atoms with Gasteiger partial charge in [0.25, 0.3) is 0 Å². The van der Waals surface area contributed by atoms with E-state index in [9.17, 15) is 0 Å². The van der Waals surface area contributed by atoms with Crippen molar-refractivity contribution in [2.45, 2.75) is 71.1 Å². The second-order valence-corrected chi connectivity index (χ2v) is 7.66. The molecule has 0 N–H and O–H groups in total. The molecule has 0 heterocycles. The average Bonchev–Trinajstić information content (AvgIpc) is 2.48. The standard InChI is InChI=1S/C16H26O3S.C3H8/c1-4-17-20(18-5-2,19-6-3)16-12-10-15(11-13-16)14-8-7-9-14;1-3-2/h10-14H,4-9H2,1-3H3;3H2,1-2H3. The Bertz CT molecular complexity index is 398. The predicted octanol–water partition coefficient (Wildman–Crippen LogP) is 6.39. The van der Waals surface area contributed by atoms with Crippen LogP contribution >= 0.6 is 10.9 Å². The Balaban J connectivity index is 0.000000816. The Morgan fingerprint density at radius 2 is 1.26 bits per heavy atom. The highest BCUT2D eigenvalue weighted by Crippen LogP contribution is 2.59. The normalized spacial score (nSPS) is 15.5. The van der Waals surface area contributed by atoms with E-state index in [-0.39, 0.29) is 0 Å². The van der Waals surface area contributed by atoms with Gasteiger partial charge in [-0.25, -0.2) is 0 Å². The van der Waals surface area contributed by atoms with E-state index in [0.717, 1.165) is 10.8 Å². The van der Waals surface area contributed by atoms with E-state index in [4.69, 9.17) is 12.5 Å². The second-order valence-electron chi connectivity index (χ2n) is 5.58. The van der Waals surface area contributed by atoms with Gasteiger partial charge in [0.1, 0.15) is 10.9 Å². The Labute approximate surface area is 144 Å². The van der Waals surface area contributed by atoms with Crippen molar-refractivity contribution in [2.24, 2.45) is 0 Å². The van der Waals surface area contributed by atoms with Gasteiger partial charge in [-0.05, 0) is 57.2 Å². The molecule has 134 valence electrons. The molecule has 0 spiro atoms. The summed E-state index contributed by atoms with van der Waals surface area (Å²) in [6.45, 7) is 11.9. The van der Waals surface area contributed by atoms with Gasteiger partial charge in [0.05, 0.1) is 24.7 Å². The fraction of sp³-hybridized carbons (Fsp3) is 0.684. The highest BCUT2D eigenvalue weighted by molar-refractivity contribution is 8.21. The number of hydrogen-bond acceptors (Lipinski definition) is 3. The van der Waals surface area contributed by atoms with Gasteiger partial charge in [-0.2, -0.15) is 0 Å². The number of benzene rings is 1. The van der Waals surface area contributed by atoms with Crippen LogP contribution in [0.15, 0.2) is 29.2 Å². The van der Waals surface area contributed by atoms with E-state index in [0.29, 0.717) is 19.8 Å². The van der Waals surface area contributed by atoms with Crippen LogP contribution in [0.25, 0.3) is 0 Å². The fourth-order valence-electron chi connectivity index (χ4n) is 2.42. The van der Waals surface area contributed by atoms with Crippen molar-refractivity contribution in [3.63, 3.8) is 0 Å². The van der Waals surface area contributed by atoms with Crippen molar-refractivity contribution in [3.05, 3.63) is 29.8 Å². The lowest BCUT2D eigenvalue weighted by Crippen LogP contribution is -2.14. The van der Waals surface area contributed by atoms with Gasteiger partial charge in [0.15, 0.2) is 0 Å². The molecule has 4 heteroatoms. The van der Waals surface area contributed by atoms with E-state index in [1.165, 1.54) is 31.2 Å². The molecule has 1 aliphatic carbocycles. The summed E-state index contributed by atoms with van der Waals surface area (Å²) in [4.78, 5) is 1.02. The van der Waals surface area contributed by atoms with Crippen LogP contribution in [0.4, 0.5) is 0 Å². The first-order valence-electron chi connectivity index (χ1n) is 9.03. The minimum atomic E-state index is -2.06. The maximum atomic E-state index is 5.88. The third kappa shape index (κ3) is 5.79. The van der Waals surface area contributed by atoms with E-state index in [1.807, 2.05) is 20.8 Å². The molecule has 0 radical (unpaired) electrons. The van der Waals surface area contributed by atoms with Crippen molar-refractivity contribution in [1.29, 1.82) is 0 Å². The minimum absolute atomic E-state index is 0.583. The summed E-state index contributed by atoms with van der Waals surface area (Å²) < 4.78 is 17.6. The minimum Gasteiger partial charge on any atom is -0.289 e. The molecule has 1 aliphatic rings. The first-order chi connectivity index (χ1) is 11.2. The van der Waals surface area contributed by atoms with E-state index < -0.39 is 10.9 Å². The molecule has 0 amide bonds. The Morgan fingerprint density at radius 3 is 1.57 bits per heavy atom. The Hall–Kier alpha value is -0.550. The molecule has 1 aromatic carbocycles. The number of rotatable bonds is 8. The average molecular weight is 343 g/mol. The Kier molecular flexibility index (Phi) is 9.88. The van der Waals surface area contributed by atoms with Crippen molar-refractivity contribution >= 4 is 10.9 Å². The highest BCUT2D eigenvalue weighted by atomic mass is 32.3. The molecule has 0 saturated heterocycles. The summed E-state index contributed by atoms with van der Waals surface area (Å²) in [7, 11) is -2.06. The second kappa shape index (κ2) is 11.1. The molecular weight excluding hydrogens is 308 g/mol. The van der Waals surface area contributed by atoms with Crippen molar-refractivity contribution in [2.75, 3.05) is 19.8 Å². The Morgan fingerprint density at radius 1 is 0.826 bits per heavy atom. The van der Waals surface area contributed by atoms with Crippen LogP contribution in [0.5, 0.6) is 0 Å². The van der Waals surface area contributed by atoms with Gasteiger partial charge in [0.2, 0.25) is 0 Å². The van der Waals surface area contributed by atoms with Gasteiger partial charge >= 0.3 is 0 Å². The summed E-state index contributed by atoms with van der Waals surface area (Å²) in [6.07, 6.45) is 5.25. The SMILES string of the molecule is CCC.CCOS(OCC)(OCC)c1ccc(C2CCC2)cc1. The smallest absolute Gasteiger partial charge is 0.120 e. The predicted molar refractivity (Wildman–Crippen MR) is 99.7 cm³/mol. The van der Waals surface area contributed by atoms with Crippen LogP contribution < -0.4 is 0 Å². The van der Waals surface area contributed by atoms with Crippen LogP contribution in [0.1, 0.15) is 71.8 Å². The van der Waals surface area contributed by atoms with Crippen LogP contribution in [0.3, 0.4) is 0 Å². The lowest BCUT2D eigenvalue weighted by Gasteiger charge is -2.37. The van der Waals surface area contributed by atoms with Gasteiger partial charge in [-0.3, -0.25) is 12.5 Å².